The van der Waals surface area contributed by atoms with Gasteiger partial charge in [0.15, 0.2) is 0 Å². The third kappa shape index (κ3) is 4.26. The minimum atomic E-state index is -2.52. The lowest BCUT2D eigenvalue weighted by Crippen LogP contribution is -2.11. The molecule has 0 unspecified atom stereocenters. The maximum absolute atomic E-state index is 12.2. The summed E-state index contributed by atoms with van der Waals surface area (Å²) in [6, 6.07) is 11.2. The van der Waals surface area contributed by atoms with Gasteiger partial charge in [0, 0.05) is 28.3 Å². The number of carbonyl (C=O) groups is 1. The van der Waals surface area contributed by atoms with Gasteiger partial charge in [-0.1, -0.05) is 17.8 Å². The number of anilines is 1. The monoisotopic (exact) mass is 324 g/mol. The first kappa shape index (κ1) is 15.9. The minimum absolute atomic E-state index is 0.138. The van der Waals surface area contributed by atoms with Crippen LogP contribution in [0.2, 0.25) is 0 Å². The molecule has 0 aromatic heterocycles. The van der Waals surface area contributed by atoms with Gasteiger partial charge in [-0.2, -0.15) is 8.78 Å². The summed E-state index contributed by atoms with van der Waals surface area (Å²) in [5, 5.41) is 13.2. The molecule has 0 spiro atoms. The average Bonchev–Trinajstić information content (AvgIpc) is 2.47. The van der Waals surface area contributed by atoms with Crippen LogP contribution in [0.3, 0.4) is 0 Å². The highest BCUT2D eigenvalue weighted by molar-refractivity contribution is 7.99. The van der Waals surface area contributed by atoms with E-state index >= 15 is 0 Å². The van der Waals surface area contributed by atoms with Crippen LogP contribution in [-0.4, -0.2) is 16.6 Å². The predicted molar refractivity (Wildman–Crippen MR) is 79.4 cm³/mol. The number of halogens is 2. The van der Waals surface area contributed by atoms with E-state index in [9.17, 15) is 23.7 Å². The molecule has 0 fully saturated rings. The summed E-state index contributed by atoms with van der Waals surface area (Å²) in [6.45, 7) is 0. The number of nitro benzene ring substituents is 1. The van der Waals surface area contributed by atoms with Crippen molar-refractivity contribution in [3.05, 3.63) is 64.2 Å². The molecule has 2 aromatic carbocycles. The fraction of sp³-hybridized carbons (Fsp3) is 0.0714. The average molecular weight is 324 g/mol. The van der Waals surface area contributed by atoms with E-state index in [-0.39, 0.29) is 16.9 Å². The molecule has 0 saturated heterocycles. The molecule has 1 amide bonds. The molecule has 0 atom stereocenters. The second-order valence-electron chi connectivity index (χ2n) is 4.16. The second-order valence-corrected chi connectivity index (χ2v) is 5.23. The van der Waals surface area contributed by atoms with E-state index in [2.05, 4.69) is 5.32 Å². The molecule has 0 saturated carbocycles. The van der Waals surface area contributed by atoms with Crippen LogP contribution in [0.15, 0.2) is 53.4 Å². The van der Waals surface area contributed by atoms with Crippen molar-refractivity contribution in [2.75, 3.05) is 5.32 Å². The quantitative estimate of drug-likeness (QED) is 0.509. The summed E-state index contributed by atoms with van der Waals surface area (Å²) in [7, 11) is 0. The first-order chi connectivity index (χ1) is 10.5. The van der Waals surface area contributed by atoms with Crippen molar-refractivity contribution in [2.24, 2.45) is 0 Å². The van der Waals surface area contributed by atoms with Crippen LogP contribution < -0.4 is 5.32 Å². The van der Waals surface area contributed by atoms with Crippen LogP contribution in [0.4, 0.5) is 20.2 Å². The summed E-state index contributed by atoms with van der Waals surface area (Å²) in [5.74, 6) is -3.00. The van der Waals surface area contributed by atoms with Crippen molar-refractivity contribution in [1.82, 2.24) is 0 Å². The highest BCUT2D eigenvalue weighted by Crippen LogP contribution is 2.25. The highest BCUT2D eigenvalue weighted by Gasteiger charge is 2.11. The van der Waals surface area contributed by atoms with E-state index in [1.54, 1.807) is 0 Å². The Morgan fingerprint density at radius 2 is 1.86 bits per heavy atom. The van der Waals surface area contributed by atoms with Crippen molar-refractivity contribution in [3.8, 4) is 0 Å². The Hall–Kier alpha value is -2.48. The second kappa shape index (κ2) is 6.99. The van der Waals surface area contributed by atoms with Gasteiger partial charge in [-0.3, -0.25) is 14.9 Å². The molecule has 0 bridgehead atoms. The summed E-state index contributed by atoms with van der Waals surface area (Å²) >= 11 is 0.388. The lowest BCUT2D eigenvalue weighted by atomic mass is 10.2. The van der Waals surface area contributed by atoms with Crippen LogP contribution in [0.5, 0.6) is 0 Å². The Morgan fingerprint density at radius 3 is 2.45 bits per heavy atom. The van der Waals surface area contributed by atoms with E-state index in [4.69, 9.17) is 0 Å². The Kier molecular flexibility index (Phi) is 5.05. The first-order valence-corrected chi connectivity index (χ1v) is 6.94. The van der Waals surface area contributed by atoms with Crippen molar-refractivity contribution in [3.63, 3.8) is 0 Å². The number of hydrogen-bond acceptors (Lipinski definition) is 4. The summed E-state index contributed by atoms with van der Waals surface area (Å²) in [5.41, 5.74) is 0.414. The van der Waals surface area contributed by atoms with Crippen molar-refractivity contribution in [2.45, 2.75) is 10.7 Å². The largest absolute Gasteiger partial charge is 0.322 e. The Labute approximate surface area is 128 Å². The standard InChI is InChI=1S/C14H10F2N2O3S/c15-14(16)22-12-6-4-9(5-7-12)13(19)17-10-2-1-3-11(8-10)18(20)21/h1-8,14H,(H,17,19). The number of nitro groups is 1. The molecule has 22 heavy (non-hydrogen) atoms. The van der Waals surface area contributed by atoms with Crippen LogP contribution in [0, 0.1) is 10.1 Å². The normalized spacial score (nSPS) is 10.5. The van der Waals surface area contributed by atoms with Gasteiger partial charge in [0.25, 0.3) is 17.4 Å². The highest BCUT2D eigenvalue weighted by atomic mass is 32.2. The fourth-order valence-corrected chi connectivity index (χ4v) is 2.19. The zero-order valence-electron chi connectivity index (χ0n) is 11.0. The number of carbonyl (C=O) groups excluding carboxylic acids is 1. The molecule has 0 aliphatic carbocycles. The van der Waals surface area contributed by atoms with Crippen molar-refractivity contribution in [1.29, 1.82) is 0 Å². The molecule has 0 radical (unpaired) electrons. The Morgan fingerprint density at radius 1 is 1.18 bits per heavy atom. The maximum Gasteiger partial charge on any atom is 0.288 e. The number of non-ortho nitro benzene ring substituents is 1. The van der Waals surface area contributed by atoms with Gasteiger partial charge in [-0.05, 0) is 30.3 Å². The van der Waals surface area contributed by atoms with E-state index in [1.165, 1.54) is 48.5 Å². The number of thioether (sulfide) groups is 1. The van der Waals surface area contributed by atoms with E-state index in [0.29, 0.717) is 16.7 Å². The molecular formula is C14H10F2N2O3S. The Bertz CT molecular complexity index is 693. The molecule has 8 heteroatoms. The molecule has 0 heterocycles. The topological polar surface area (TPSA) is 72.2 Å². The molecule has 0 aliphatic rings. The lowest BCUT2D eigenvalue weighted by Gasteiger charge is -2.06. The van der Waals surface area contributed by atoms with Gasteiger partial charge in [0.05, 0.1) is 4.92 Å². The third-order valence-corrected chi connectivity index (χ3v) is 3.38. The Balaban J connectivity index is 2.08. The summed E-state index contributed by atoms with van der Waals surface area (Å²) in [6.07, 6.45) is 0. The van der Waals surface area contributed by atoms with Crippen LogP contribution in [0.25, 0.3) is 0 Å². The van der Waals surface area contributed by atoms with Gasteiger partial charge in [-0.25, -0.2) is 0 Å². The zero-order valence-corrected chi connectivity index (χ0v) is 11.8. The molecule has 1 N–H and O–H groups in total. The van der Waals surface area contributed by atoms with E-state index < -0.39 is 16.6 Å². The first-order valence-electron chi connectivity index (χ1n) is 6.06. The third-order valence-electron chi connectivity index (χ3n) is 2.66. The van der Waals surface area contributed by atoms with Crippen molar-refractivity contribution < 1.29 is 18.5 Å². The number of alkyl halides is 2. The predicted octanol–water partition coefficient (Wildman–Crippen LogP) is 4.16. The fourth-order valence-electron chi connectivity index (χ4n) is 1.69. The number of nitrogens with zero attached hydrogens (tertiary/aromatic N) is 1. The number of hydrogen-bond donors (Lipinski definition) is 1. The van der Waals surface area contributed by atoms with E-state index in [1.807, 2.05) is 0 Å². The summed E-state index contributed by atoms with van der Waals surface area (Å²) < 4.78 is 24.4. The lowest BCUT2D eigenvalue weighted by molar-refractivity contribution is -0.384. The minimum Gasteiger partial charge on any atom is -0.322 e. The number of nitrogens with one attached hydrogen (secondary N) is 1. The zero-order chi connectivity index (χ0) is 16.1. The maximum atomic E-state index is 12.2. The van der Waals surface area contributed by atoms with Crippen LogP contribution in [-0.2, 0) is 0 Å². The van der Waals surface area contributed by atoms with Gasteiger partial charge < -0.3 is 5.32 Å². The van der Waals surface area contributed by atoms with Gasteiger partial charge in [-0.15, -0.1) is 0 Å². The number of rotatable bonds is 5. The van der Waals surface area contributed by atoms with Gasteiger partial charge >= 0.3 is 0 Å². The smallest absolute Gasteiger partial charge is 0.288 e. The van der Waals surface area contributed by atoms with Crippen LogP contribution in [0.1, 0.15) is 10.4 Å². The van der Waals surface area contributed by atoms with Gasteiger partial charge in [0.2, 0.25) is 0 Å². The number of amides is 1. The summed E-state index contributed by atoms with van der Waals surface area (Å²) in [4.78, 5) is 22.4. The molecular weight excluding hydrogens is 314 g/mol. The van der Waals surface area contributed by atoms with Crippen molar-refractivity contribution >= 4 is 29.0 Å². The molecule has 5 nitrogen and oxygen atoms in total. The SMILES string of the molecule is O=C(Nc1cccc([N+](=O)[O-])c1)c1ccc(SC(F)F)cc1. The number of benzene rings is 2. The van der Waals surface area contributed by atoms with Crippen LogP contribution >= 0.6 is 11.8 Å². The molecule has 2 rings (SSSR count). The molecule has 2 aromatic rings. The molecule has 114 valence electrons. The van der Waals surface area contributed by atoms with E-state index in [0.717, 1.165) is 0 Å². The van der Waals surface area contributed by atoms with Gasteiger partial charge in [0.1, 0.15) is 0 Å². The molecule has 0 aliphatic heterocycles.